The number of aromatic nitrogens is 1. The van der Waals surface area contributed by atoms with Gasteiger partial charge in [-0.05, 0) is 44.5 Å². The van der Waals surface area contributed by atoms with Gasteiger partial charge in [-0.1, -0.05) is 29.5 Å². The van der Waals surface area contributed by atoms with E-state index in [0.29, 0.717) is 0 Å². The zero-order valence-corrected chi connectivity index (χ0v) is 12.1. The summed E-state index contributed by atoms with van der Waals surface area (Å²) in [6, 6.07) is 10.0. The highest BCUT2D eigenvalue weighted by molar-refractivity contribution is 7.99. The molecule has 2 aromatic rings. The summed E-state index contributed by atoms with van der Waals surface area (Å²) in [5, 5.41) is 8.39. The first kappa shape index (κ1) is 13.6. The summed E-state index contributed by atoms with van der Waals surface area (Å²) < 4.78 is 0. The van der Waals surface area contributed by atoms with Crippen LogP contribution in [0.25, 0.3) is 0 Å². The van der Waals surface area contributed by atoms with E-state index in [4.69, 9.17) is 11.1 Å². The van der Waals surface area contributed by atoms with Crippen LogP contribution in [0.15, 0.2) is 40.3 Å². The average molecular weight is 271 g/mol. The summed E-state index contributed by atoms with van der Waals surface area (Å²) in [5.74, 6) is 0.0768. The molecule has 0 saturated heterocycles. The van der Waals surface area contributed by atoms with Crippen LogP contribution in [-0.2, 0) is 0 Å². The maximum Gasteiger partial charge on any atom is 0.122 e. The first-order valence-corrected chi connectivity index (χ1v) is 6.85. The molecule has 0 aliphatic heterocycles. The fourth-order valence-electron chi connectivity index (χ4n) is 1.87. The Labute approximate surface area is 117 Å². The smallest absolute Gasteiger partial charge is 0.122 e. The maximum atomic E-state index is 7.52. The van der Waals surface area contributed by atoms with Crippen LogP contribution in [0.2, 0.25) is 0 Å². The standard InChI is InChI=1S/C15H17N3S/c1-9-4-5-13(10(2)6-9)19-14-8-12(15(16)17)7-11(3)18-14/h4-8H,1-3H3,(H3,16,17). The van der Waals surface area contributed by atoms with E-state index in [1.165, 1.54) is 16.0 Å². The summed E-state index contributed by atoms with van der Waals surface area (Å²) in [5.41, 5.74) is 9.63. The number of amidine groups is 1. The van der Waals surface area contributed by atoms with Crippen molar-refractivity contribution in [1.29, 1.82) is 5.41 Å². The molecule has 2 rings (SSSR count). The number of pyridine rings is 1. The van der Waals surface area contributed by atoms with Crippen molar-refractivity contribution in [2.75, 3.05) is 0 Å². The Bertz CT molecular complexity index is 635. The molecule has 1 aromatic heterocycles. The largest absolute Gasteiger partial charge is 0.384 e. The molecule has 19 heavy (non-hydrogen) atoms. The fraction of sp³-hybridized carbons (Fsp3) is 0.200. The third-order valence-electron chi connectivity index (χ3n) is 2.79. The molecule has 0 radical (unpaired) electrons. The Morgan fingerprint density at radius 3 is 2.53 bits per heavy atom. The molecule has 0 bridgehead atoms. The first-order chi connectivity index (χ1) is 8.95. The molecule has 0 aliphatic rings. The number of benzene rings is 1. The van der Waals surface area contributed by atoms with Crippen LogP contribution in [0.5, 0.6) is 0 Å². The number of rotatable bonds is 3. The van der Waals surface area contributed by atoms with Crippen molar-refractivity contribution in [1.82, 2.24) is 4.98 Å². The van der Waals surface area contributed by atoms with Gasteiger partial charge in [-0.15, -0.1) is 0 Å². The van der Waals surface area contributed by atoms with Gasteiger partial charge in [-0.2, -0.15) is 0 Å². The topological polar surface area (TPSA) is 62.8 Å². The number of nitrogen functional groups attached to an aromatic ring is 1. The molecule has 0 atom stereocenters. The van der Waals surface area contributed by atoms with Crippen molar-refractivity contribution >= 4 is 17.6 Å². The van der Waals surface area contributed by atoms with E-state index in [2.05, 4.69) is 37.0 Å². The minimum atomic E-state index is 0.0768. The number of nitrogens with zero attached hydrogens (tertiary/aromatic N) is 1. The van der Waals surface area contributed by atoms with Gasteiger partial charge in [0, 0.05) is 16.2 Å². The van der Waals surface area contributed by atoms with Gasteiger partial charge in [0.05, 0.1) is 0 Å². The van der Waals surface area contributed by atoms with Crippen molar-refractivity contribution in [3.63, 3.8) is 0 Å². The highest BCUT2D eigenvalue weighted by Crippen LogP contribution is 2.30. The van der Waals surface area contributed by atoms with Crippen molar-refractivity contribution in [3.05, 3.63) is 52.7 Å². The summed E-state index contributed by atoms with van der Waals surface area (Å²) in [6.07, 6.45) is 0. The predicted molar refractivity (Wildman–Crippen MR) is 80.0 cm³/mol. The van der Waals surface area contributed by atoms with Crippen LogP contribution in [0.1, 0.15) is 22.4 Å². The van der Waals surface area contributed by atoms with E-state index in [1.807, 2.05) is 19.1 Å². The van der Waals surface area contributed by atoms with E-state index in [9.17, 15) is 0 Å². The van der Waals surface area contributed by atoms with Crippen LogP contribution in [0.3, 0.4) is 0 Å². The lowest BCUT2D eigenvalue weighted by Gasteiger charge is -2.08. The van der Waals surface area contributed by atoms with Gasteiger partial charge in [-0.3, -0.25) is 5.41 Å². The van der Waals surface area contributed by atoms with Crippen molar-refractivity contribution in [2.45, 2.75) is 30.7 Å². The van der Waals surface area contributed by atoms with Crippen molar-refractivity contribution < 1.29 is 0 Å². The maximum absolute atomic E-state index is 7.52. The van der Waals surface area contributed by atoms with Gasteiger partial charge in [0.1, 0.15) is 10.9 Å². The van der Waals surface area contributed by atoms with Gasteiger partial charge >= 0.3 is 0 Å². The summed E-state index contributed by atoms with van der Waals surface area (Å²) in [6.45, 7) is 6.09. The van der Waals surface area contributed by atoms with Gasteiger partial charge in [-0.25, -0.2) is 4.98 Å². The lowest BCUT2D eigenvalue weighted by Crippen LogP contribution is -2.11. The molecule has 0 aliphatic carbocycles. The summed E-state index contributed by atoms with van der Waals surface area (Å²) in [4.78, 5) is 5.66. The van der Waals surface area contributed by atoms with Gasteiger partial charge in [0.25, 0.3) is 0 Å². The molecule has 98 valence electrons. The number of hydrogen-bond acceptors (Lipinski definition) is 3. The number of hydrogen-bond donors (Lipinski definition) is 2. The fourth-order valence-corrected chi connectivity index (χ4v) is 2.83. The van der Waals surface area contributed by atoms with Crippen LogP contribution in [-0.4, -0.2) is 10.8 Å². The third kappa shape index (κ3) is 3.35. The van der Waals surface area contributed by atoms with Crippen LogP contribution in [0.4, 0.5) is 0 Å². The lowest BCUT2D eigenvalue weighted by atomic mass is 10.2. The van der Waals surface area contributed by atoms with Crippen molar-refractivity contribution in [2.24, 2.45) is 5.73 Å². The molecular formula is C15H17N3S. The quantitative estimate of drug-likeness (QED) is 0.664. The average Bonchev–Trinajstić information content (AvgIpc) is 2.32. The second-order valence-electron chi connectivity index (χ2n) is 4.62. The highest BCUT2D eigenvalue weighted by Gasteiger charge is 2.06. The monoisotopic (exact) mass is 271 g/mol. The Kier molecular flexibility index (Phi) is 3.90. The minimum absolute atomic E-state index is 0.0768. The van der Waals surface area contributed by atoms with Crippen LogP contribution < -0.4 is 5.73 Å². The van der Waals surface area contributed by atoms with Crippen LogP contribution >= 0.6 is 11.8 Å². The second-order valence-corrected chi connectivity index (χ2v) is 5.68. The Balaban J connectivity index is 2.35. The molecule has 0 fully saturated rings. The van der Waals surface area contributed by atoms with Gasteiger partial charge in [0.15, 0.2) is 0 Å². The molecule has 4 heteroatoms. The number of nitrogens with two attached hydrogens (primary N) is 1. The van der Waals surface area contributed by atoms with E-state index in [1.54, 1.807) is 11.8 Å². The molecule has 3 nitrogen and oxygen atoms in total. The third-order valence-corrected chi connectivity index (χ3v) is 3.88. The van der Waals surface area contributed by atoms with E-state index in [-0.39, 0.29) is 5.84 Å². The normalized spacial score (nSPS) is 10.5. The Hall–Kier alpha value is -1.81. The zero-order chi connectivity index (χ0) is 14.0. The first-order valence-electron chi connectivity index (χ1n) is 6.04. The Morgan fingerprint density at radius 2 is 1.89 bits per heavy atom. The lowest BCUT2D eigenvalue weighted by molar-refractivity contribution is 1.05. The highest BCUT2D eigenvalue weighted by atomic mass is 32.2. The van der Waals surface area contributed by atoms with Gasteiger partial charge in [0.2, 0.25) is 0 Å². The minimum Gasteiger partial charge on any atom is -0.384 e. The SMILES string of the molecule is Cc1ccc(Sc2cc(C(=N)N)cc(C)n2)c(C)c1. The molecule has 1 aromatic carbocycles. The molecule has 1 heterocycles. The molecule has 0 unspecified atom stereocenters. The molecule has 0 saturated carbocycles. The molecule has 0 amide bonds. The van der Waals surface area contributed by atoms with E-state index < -0.39 is 0 Å². The zero-order valence-electron chi connectivity index (χ0n) is 11.3. The van der Waals surface area contributed by atoms with Gasteiger partial charge < -0.3 is 5.73 Å². The van der Waals surface area contributed by atoms with E-state index >= 15 is 0 Å². The number of aryl methyl sites for hydroxylation is 3. The summed E-state index contributed by atoms with van der Waals surface area (Å²) >= 11 is 1.61. The van der Waals surface area contributed by atoms with Crippen molar-refractivity contribution in [3.8, 4) is 0 Å². The molecule has 3 N–H and O–H groups in total. The summed E-state index contributed by atoms with van der Waals surface area (Å²) in [7, 11) is 0. The number of nitrogens with one attached hydrogen (secondary N) is 1. The second kappa shape index (κ2) is 5.45. The predicted octanol–water partition coefficient (Wildman–Crippen LogP) is 3.44. The van der Waals surface area contributed by atoms with E-state index in [0.717, 1.165) is 16.3 Å². The molecule has 0 spiro atoms. The Morgan fingerprint density at radius 1 is 1.16 bits per heavy atom. The molecular weight excluding hydrogens is 254 g/mol. The van der Waals surface area contributed by atoms with Crippen LogP contribution in [0, 0.1) is 26.2 Å².